The third-order valence-corrected chi connectivity index (χ3v) is 8.64. The lowest BCUT2D eigenvalue weighted by molar-refractivity contribution is -0.145. The Morgan fingerprint density at radius 2 is 1.00 bits per heavy atom. The lowest BCUT2D eigenvalue weighted by atomic mass is 10.0. The molecule has 0 radical (unpaired) electrons. The zero-order valence-corrected chi connectivity index (χ0v) is 32.2. The Balaban J connectivity index is 3.90. The molecule has 0 aliphatic carbocycles. The van der Waals surface area contributed by atoms with Crippen LogP contribution in [0.25, 0.3) is 0 Å². The molecule has 0 saturated carbocycles. The predicted octanol–water partition coefficient (Wildman–Crippen LogP) is 12.5. The summed E-state index contributed by atoms with van der Waals surface area (Å²) in [5, 5.41) is 11.0. The predicted molar refractivity (Wildman–Crippen MR) is 212 cm³/mol. The van der Waals surface area contributed by atoms with Gasteiger partial charge in [0.15, 0.2) is 0 Å². The highest BCUT2D eigenvalue weighted by atomic mass is 16.5. The molecule has 6 nitrogen and oxygen atoms in total. The van der Waals surface area contributed by atoms with Crippen LogP contribution in [0.4, 0.5) is 0 Å². The number of esters is 1. The van der Waals surface area contributed by atoms with Gasteiger partial charge in [0.25, 0.3) is 0 Å². The number of allylic oxidation sites excluding steroid dienone is 8. The van der Waals surface area contributed by atoms with E-state index in [1.807, 2.05) is 24.3 Å². The molecule has 0 spiro atoms. The van der Waals surface area contributed by atoms with Gasteiger partial charge in [-0.15, -0.1) is 0 Å². The first-order valence-corrected chi connectivity index (χ1v) is 20.5. The largest absolute Gasteiger partial charge is 0.480 e. The van der Waals surface area contributed by atoms with E-state index in [1.165, 1.54) is 103 Å². The molecule has 0 aliphatic heterocycles. The maximum Gasteiger partial charge on any atom is 0.322 e. The number of aliphatic carboxylic acids is 1. The Morgan fingerprint density at radius 3 is 1.58 bits per heavy atom. The van der Waals surface area contributed by atoms with Gasteiger partial charge in [0, 0.05) is 12.8 Å². The maximum atomic E-state index is 12.6. The third kappa shape index (κ3) is 37.9. The van der Waals surface area contributed by atoms with Crippen molar-refractivity contribution in [1.29, 1.82) is 0 Å². The lowest BCUT2D eigenvalue weighted by Crippen LogP contribution is -2.28. The summed E-state index contributed by atoms with van der Waals surface area (Å²) in [6.45, 7) is 4.04. The summed E-state index contributed by atoms with van der Waals surface area (Å²) < 4.78 is 5.77. The van der Waals surface area contributed by atoms with E-state index in [4.69, 9.17) is 9.84 Å². The monoisotopic (exact) mass is 698 g/mol. The number of carboxylic acids is 1. The van der Waals surface area contributed by atoms with Crippen molar-refractivity contribution >= 4 is 17.8 Å². The summed E-state index contributed by atoms with van der Waals surface area (Å²) in [4.78, 5) is 34.7. The van der Waals surface area contributed by atoms with Crippen LogP contribution in [0.1, 0.15) is 187 Å². The van der Waals surface area contributed by atoms with E-state index in [1.54, 1.807) is 0 Å². The molecule has 1 unspecified atom stereocenters. The van der Waals surface area contributed by atoms with Crippen molar-refractivity contribution in [2.45, 2.75) is 193 Å². The van der Waals surface area contributed by atoms with E-state index in [0.29, 0.717) is 12.8 Å². The molecular weight excluding hydrogens is 622 g/mol. The average Bonchev–Trinajstić information content (AvgIpc) is 3.10. The molecule has 1 amide bonds. The normalized spacial score (nSPS) is 12.7. The van der Waals surface area contributed by atoms with E-state index >= 15 is 0 Å². The molecule has 50 heavy (non-hydrogen) atoms. The van der Waals surface area contributed by atoms with Crippen molar-refractivity contribution in [3.05, 3.63) is 60.8 Å². The van der Waals surface area contributed by atoms with Crippen LogP contribution < -0.4 is 5.32 Å². The van der Waals surface area contributed by atoms with Crippen molar-refractivity contribution in [2.75, 3.05) is 6.54 Å². The van der Waals surface area contributed by atoms with Crippen molar-refractivity contribution in [3.63, 3.8) is 0 Å². The highest BCUT2D eigenvalue weighted by molar-refractivity contribution is 5.80. The summed E-state index contributed by atoms with van der Waals surface area (Å²) >= 11 is 0. The van der Waals surface area contributed by atoms with Gasteiger partial charge in [-0.05, 0) is 82.8 Å². The fraction of sp³-hybridized carbons (Fsp3) is 0.705. The van der Waals surface area contributed by atoms with Gasteiger partial charge in [0.1, 0.15) is 12.6 Å². The first-order chi connectivity index (χ1) is 24.5. The van der Waals surface area contributed by atoms with E-state index < -0.39 is 5.97 Å². The fourth-order valence-corrected chi connectivity index (χ4v) is 5.62. The average molecular weight is 698 g/mol. The second kappa shape index (κ2) is 38.9. The Labute approximate surface area is 307 Å². The van der Waals surface area contributed by atoms with Crippen LogP contribution in [-0.2, 0) is 19.1 Å². The molecule has 0 aliphatic rings. The molecule has 0 heterocycles. The van der Waals surface area contributed by atoms with Gasteiger partial charge in [0.05, 0.1) is 0 Å². The quantitative estimate of drug-likeness (QED) is 0.0386. The van der Waals surface area contributed by atoms with Gasteiger partial charge < -0.3 is 15.2 Å². The van der Waals surface area contributed by atoms with E-state index in [0.717, 1.165) is 57.8 Å². The summed E-state index contributed by atoms with van der Waals surface area (Å²) in [5.41, 5.74) is 0. The Bertz CT molecular complexity index is 948. The molecule has 0 aromatic carbocycles. The second-order valence-corrected chi connectivity index (χ2v) is 13.5. The first-order valence-electron chi connectivity index (χ1n) is 20.5. The van der Waals surface area contributed by atoms with Gasteiger partial charge >= 0.3 is 11.9 Å². The highest BCUT2D eigenvalue weighted by Gasteiger charge is 2.09. The molecule has 0 bridgehead atoms. The molecular formula is C44H75NO5. The van der Waals surface area contributed by atoms with E-state index in [2.05, 4.69) is 55.6 Å². The van der Waals surface area contributed by atoms with Crippen LogP contribution in [0.2, 0.25) is 0 Å². The number of carbonyl (C=O) groups is 3. The van der Waals surface area contributed by atoms with Crippen molar-refractivity contribution in [2.24, 2.45) is 0 Å². The topological polar surface area (TPSA) is 92.7 Å². The van der Waals surface area contributed by atoms with Gasteiger partial charge in [0.2, 0.25) is 5.91 Å². The van der Waals surface area contributed by atoms with Crippen LogP contribution in [-0.4, -0.2) is 35.6 Å². The number of unbranched alkanes of at least 4 members (excludes halogenated alkanes) is 19. The molecule has 0 saturated heterocycles. The smallest absolute Gasteiger partial charge is 0.322 e. The number of carbonyl (C=O) groups excluding carboxylic acids is 2. The SMILES string of the molecule is CC/C=C\C/C=C\C(/C=C\CCCCCC(=O)NCC(=O)O)OC(=O)CCCCCCCCCCCCC/C=C\C/C=C\CCCCCCC. The molecule has 0 aromatic rings. The van der Waals surface area contributed by atoms with E-state index in [9.17, 15) is 14.4 Å². The molecule has 6 heteroatoms. The molecule has 1 atom stereocenters. The number of rotatable bonds is 36. The standard InChI is InChI=1S/C44H75NO5/c1-3-5-7-9-10-11-12-13-14-15-16-17-18-19-20-21-22-23-24-25-26-31-35-39-44(49)50-41(36-32-28-8-6-4-2)37-33-29-27-30-34-38-42(46)45-40-43(47)48/h6,8,12-13,15-16,32-33,36-37,41H,3-5,7,9-11,14,17-31,34-35,38-40H2,1-2H3,(H,45,46)(H,47,48)/b8-6-,13-12-,16-15-,36-32-,37-33-. The minimum atomic E-state index is -1.03. The summed E-state index contributed by atoms with van der Waals surface area (Å²) in [5.74, 6) is -1.40. The van der Waals surface area contributed by atoms with Crippen molar-refractivity contribution in [3.8, 4) is 0 Å². The maximum absolute atomic E-state index is 12.6. The Kier molecular flexibility index (Phi) is 36.7. The van der Waals surface area contributed by atoms with Crippen LogP contribution >= 0.6 is 0 Å². The molecule has 0 fully saturated rings. The molecule has 2 N–H and O–H groups in total. The molecule has 0 rings (SSSR count). The Morgan fingerprint density at radius 1 is 0.540 bits per heavy atom. The van der Waals surface area contributed by atoms with Crippen molar-refractivity contribution in [1.82, 2.24) is 5.32 Å². The number of carboxylic acid groups (broad SMARTS) is 1. The van der Waals surface area contributed by atoms with Crippen LogP contribution in [0.3, 0.4) is 0 Å². The van der Waals surface area contributed by atoms with Gasteiger partial charge in [-0.1, -0.05) is 152 Å². The highest BCUT2D eigenvalue weighted by Crippen LogP contribution is 2.14. The van der Waals surface area contributed by atoms with E-state index in [-0.39, 0.29) is 24.5 Å². The lowest BCUT2D eigenvalue weighted by Gasteiger charge is -2.11. The minimum Gasteiger partial charge on any atom is -0.480 e. The summed E-state index contributed by atoms with van der Waals surface area (Å²) in [6, 6.07) is 0. The Hall–Kier alpha value is -2.89. The molecule has 286 valence electrons. The zero-order chi connectivity index (χ0) is 36.6. The number of hydrogen-bond donors (Lipinski definition) is 2. The third-order valence-electron chi connectivity index (χ3n) is 8.64. The summed E-state index contributed by atoms with van der Waals surface area (Å²) in [7, 11) is 0. The number of hydrogen-bond acceptors (Lipinski definition) is 4. The van der Waals surface area contributed by atoms with Crippen molar-refractivity contribution < 1.29 is 24.2 Å². The van der Waals surface area contributed by atoms with Crippen LogP contribution in [0.15, 0.2) is 60.8 Å². The number of nitrogens with one attached hydrogen (secondary N) is 1. The molecule has 0 aromatic heterocycles. The fourth-order valence-electron chi connectivity index (χ4n) is 5.62. The first kappa shape index (κ1) is 47.1. The minimum absolute atomic E-state index is 0.142. The van der Waals surface area contributed by atoms with Gasteiger partial charge in [-0.2, -0.15) is 0 Å². The van der Waals surface area contributed by atoms with Crippen LogP contribution in [0.5, 0.6) is 0 Å². The van der Waals surface area contributed by atoms with Gasteiger partial charge in [-0.25, -0.2) is 0 Å². The van der Waals surface area contributed by atoms with Gasteiger partial charge in [-0.3, -0.25) is 14.4 Å². The summed E-state index contributed by atoms with van der Waals surface area (Å²) in [6.07, 6.45) is 51.2. The number of ether oxygens (including phenoxy) is 1. The number of amides is 1. The van der Waals surface area contributed by atoms with Crippen LogP contribution in [0, 0.1) is 0 Å². The zero-order valence-electron chi connectivity index (χ0n) is 32.2. The second-order valence-electron chi connectivity index (χ2n) is 13.5.